The number of ketones is 1. The van der Waals surface area contributed by atoms with Crippen molar-refractivity contribution in [3.63, 3.8) is 0 Å². The average Bonchev–Trinajstić information content (AvgIpc) is 2.25. The zero-order valence-corrected chi connectivity index (χ0v) is 10.3. The number of rotatable bonds is 1. The van der Waals surface area contributed by atoms with Gasteiger partial charge in [0, 0.05) is 12.8 Å². The Labute approximate surface area is 97.2 Å². The number of aryl methyl sites for hydroxylation is 3. The van der Waals surface area contributed by atoms with E-state index < -0.39 is 0 Å². The summed E-state index contributed by atoms with van der Waals surface area (Å²) >= 11 is 0. The van der Waals surface area contributed by atoms with Crippen molar-refractivity contribution < 1.29 is 4.79 Å². The van der Waals surface area contributed by atoms with Crippen molar-refractivity contribution in [2.45, 2.75) is 40.0 Å². The molecule has 1 aromatic rings. The molecule has 0 amide bonds. The molecule has 0 fully saturated rings. The molecule has 1 nitrogen and oxygen atoms in total. The highest BCUT2D eigenvalue weighted by Gasteiger charge is 2.13. The first kappa shape index (κ1) is 11.1. The summed E-state index contributed by atoms with van der Waals surface area (Å²) in [6, 6.07) is 4.49. The van der Waals surface area contributed by atoms with E-state index in [1.165, 1.54) is 27.8 Å². The van der Waals surface area contributed by atoms with Crippen molar-refractivity contribution in [2.75, 3.05) is 0 Å². The van der Waals surface area contributed by atoms with E-state index in [0.717, 1.165) is 6.42 Å². The monoisotopic (exact) mass is 214 g/mol. The van der Waals surface area contributed by atoms with Crippen molar-refractivity contribution in [1.82, 2.24) is 0 Å². The fraction of sp³-hybridized carbons (Fsp3) is 0.400. The van der Waals surface area contributed by atoms with E-state index in [9.17, 15) is 4.79 Å². The summed E-state index contributed by atoms with van der Waals surface area (Å²) < 4.78 is 0. The maximum Gasteiger partial charge on any atom is 0.137 e. The largest absolute Gasteiger partial charge is 0.299 e. The number of carbonyl (C=O) groups is 1. The molecule has 0 heterocycles. The summed E-state index contributed by atoms with van der Waals surface area (Å²) in [5.74, 6) is 0.366. The van der Waals surface area contributed by atoms with Gasteiger partial charge >= 0.3 is 0 Å². The third-order valence-corrected chi connectivity index (χ3v) is 3.44. The number of hydrogen-bond acceptors (Lipinski definition) is 1. The number of carbonyl (C=O) groups excluding carboxylic acids is 1. The topological polar surface area (TPSA) is 17.1 Å². The molecule has 0 radical (unpaired) electrons. The van der Waals surface area contributed by atoms with Crippen LogP contribution in [0.3, 0.4) is 0 Å². The zero-order valence-electron chi connectivity index (χ0n) is 10.3. The van der Waals surface area contributed by atoms with Gasteiger partial charge < -0.3 is 0 Å². The van der Waals surface area contributed by atoms with Gasteiger partial charge in [0.05, 0.1) is 0 Å². The van der Waals surface area contributed by atoms with Crippen molar-refractivity contribution in [3.05, 3.63) is 40.5 Å². The van der Waals surface area contributed by atoms with Crippen LogP contribution in [-0.2, 0) is 4.79 Å². The van der Waals surface area contributed by atoms with E-state index >= 15 is 0 Å². The van der Waals surface area contributed by atoms with E-state index in [1.807, 2.05) is 0 Å². The van der Waals surface area contributed by atoms with Crippen LogP contribution in [0.2, 0.25) is 0 Å². The zero-order chi connectivity index (χ0) is 11.7. The van der Waals surface area contributed by atoms with Crippen molar-refractivity contribution in [2.24, 2.45) is 0 Å². The minimum absolute atomic E-state index is 0.366. The Balaban J connectivity index is 2.41. The quantitative estimate of drug-likeness (QED) is 0.696. The number of Topliss-reactive ketones (excluding diaryl/α,β-unsaturated/α-hetero) is 1. The lowest BCUT2D eigenvalue weighted by atomic mass is 9.88. The van der Waals surface area contributed by atoms with Crippen LogP contribution < -0.4 is 0 Å². The molecule has 1 heteroatoms. The molecule has 0 spiro atoms. The molecule has 0 atom stereocenters. The molecule has 1 aliphatic rings. The van der Waals surface area contributed by atoms with Gasteiger partial charge in [0.1, 0.15) is 5.78 Å². The first-order chi connectivity index (χ1) is 7.58. The predicted octanol–water partition coefficient (Wildman–Crippen LogP) is 3.75. The van der Waals surface area contributed by atoms with E-state index in [-0.39, 0.29) is 0 Å². The van der Waals surface area contributed by atoms with Crippen LogP contribution in [0.5, 0.6) is 0 Å². The second-order valence-electron chi connectivity index (χ2n) is 4.72. The van der Waals surface area contributed by atoms with Crippen LogP contribution in [0.1, 0.15) is 41.5 Å². The molecule has 16 heavy (non-hydrogen) atoms. The van der Waals surface area contributed by atoms with Crippen LogP contribution in [0, 0.1) is 20.8 Å². The first-order valence-corrected chi connectivity index (χ1v) is 5.87. The van der Waals surface area contributed by atoms with Crippen molar-refractivity contribution >= 4 is 11.4 Å². The molecule has 2 rings (SSSR count). The third-order valence-electron chi connectivity index (χ3n) is 3.44. The smallest absolute Gasteiger partial charge is 0.137 e. The van der Waals surface area contributed by atoms with Gasteiger partial charge in [-0.15, -0.1) is 0 Å². The molecule has 0 saturated carbocycles. The van der Waals surface area contributed by atoms with Gasteiger partial charge in [-0.2, -0.15) is 0 Å². The fourth-order valence-electron chi connectivity index (χ4n) is 2.27. The summed E-state index contributed by atoms with van der Waals surface area (Å²) in [6.07, 6.45) is 4.32. The maximum atomic E-state index is 11.2. The Morgan fingerprint density at radius 1 is 0.938 bits per heavy atom. The van der Waals surface area contributed by atoms with Gasteiger partial charge in [-0.25, -0.2) is 0 Å². The molecule has 0 bridgehead atoms. The van der Waals surface area contributed by atoms with E-state index in [1.54, 1.807) is 0 Å². The summed E-state index contributed by atoms with van der Waals surface area (Å²) in [5, 5.41) is 0. The molecule has 1 aliphatic carbocycles. The van der Waals surface area contributed by atoms with Gasteiger partial charge in [0.25, 0.3) is 0 Å². The highest BCUT2D eigenvalue weighted by atomic mass is 16.1. The lowest BCUT2D eigenvalue weighted by Crippen LogP contribution is -2.04. The van der Waals surface area contributed by atoms with Gasteiger partial charge in [-0.3, -0.25) is 4.79 Å². The van der Waals surface area contributed by atoms with Crippen molar-refractivity contribution in [1.29, 1.82) is 0 Å². The Morgan fingerprint density at radius 3 is 2.25 bits per heavy atom. The normalized spacial score (nSPS) is 16.2. The lowest BCUT2D eigenvalue weighted by molar-refractivity contribution is -0.118. The summed E-state index contributed by atoms with van der Waals surface area (Å²) in [7, 11) is 0. The number of hydrogen-bond donors (Lipinski definition) is 0. The molecule has 84 valence electrons. The molecule has 0 aromatic heterocycles. The fourth-order valence-corrected chi connectivity index (χ4v) is 2.27. The molecular formula is C15H18O. The van der Waals surface area contributed by atoms with Gasteiger partial charge in [-0.05, 0) is 55.0 Å². The number of allylic oxidation sites excluding steroid dienone is 2. The molecule has 1 aromatic carbocycles. The summed E-state index contributed by atoms with van der Waals surface area (Å²) in [5.41, 5.74) is 6.67. The Hall–Kier alpha value is -1.37. The van der Waals surface area contributed by atoms with Gasteiger partial charge in [0.15, 0.2) is 0 Å². The van der Waals surface area contributed by atoms with E-state index in [2.05, 4.69) is 39.0 Å². The van der Waals surface area contributed by atoms with E-state index in [4.69, 9.17) is 0 Å². The van der Waals surface area contributed by atoms with Crippen LogP contribution in [0.4, 0.5) is 0 Å². The van der Waals surface area contributed by atoms with Crippen LogP contribution in [0.25, 0.3) is 5.57 Å². The molecule has 0 saturated heterocycles. The molecular weight excluding hydrogens is 196 g/mol. The molecule has 0 aliphatic heterocycles. The summed E-state index contributed by atoms with van der Waals surface area (Å²) in [4.78, 5) is 11.2. The van der Waals surface area contributed by atoms with Gasteiger partial charge in [0.2, 0.25) is 0 Å². The highest BCUT2D eigenvalue weighted by Crippen LogP contribution is 2.29. The third kappa shape index (κ3) is 2.08. The predicted molar refractivity (Wildman–Crippen MR) is 67.5 cm³/mol. The van der Waals surface area contributed by atoms with E-state index in [0.29, 0.717) is 18.6 Å². The summed E-state index contributed by atoms with van der Waals surface area (Å²) in [6.45, 7) is 6.44. The van der Waals surface area contributed by atoms with Crippen molar-refractivity contribution in [3.8, 4) is 0 Å². The Kier molecular flexibility index (Phi) is 2.95. The van der Waals surface area contributed by atoms with Gasteiger partial charge in [-0.1, -0.05) is 18.2 Å². The number of benzene rings is 1. The Bertz CT molecular complexity index is 467. The highest BCUT2D eigenvalue weighted by molar-refractivity contribution is 5.87. The van der Waals surface area contributed by atoms with Crippen LogP contribution >= 0.6 is 0 Å². The maximum absolute atomic E-state index is 11.2. The minimum Gasteiger partial charge on any atom is -0.299 e. The minimum atomic E-state index is 0.366. The second kappa shape index (κ2) is 4.25. The standard InChI is InChI=1S/C15H18O/c1-10-8-12(3)15(9-11(10)2)13-4-6-14(16)7-5-13/h4,8-9H,5-7H2,1-3H3. The molecule has 0 N–H and O–H groups in total. The Morgan fingerprint density at radius 2 is 1.62 bits per heavy atom. The van der Waals surface area contributed by atoms with Crippen LogP contribution in [0.15, 0.2) is 18.2 Å². The SMILES string of the molecule is Cc1cc(C)c(C2=CCC(=O)CC2)cc1C. The first-order valence-electron chi connectivity index (χ1n) is 5.87. The molecule has 0 unspecified atom stereocenters. The lowest BCUT2D eigenvalue weighted by Gasteiger charge is -2.16. The van der Waals surface area contributed by atoms with Crippen LogP contribution in [-0.4, -0.2) is 5.78 Å². The average molecular weight is 214 g/mol. The second-order valence-corrected chi connectivity index (χ2v) is 4.72.